The Labute approximate surface area is 182 Å². The quantitative estimate of drug-likeness (QED) is 0.581. The van der Waals surface area contributed by atoms with E-state index in [1.54, 1.807) is 18.9 Å². The third-order valence-electron chi connectivity index (χ3n) is 5.95. The number of benzene rings is 3. The molecular weight excluding hydrogens is 402 g/mol. The van der Waals surface area contributed by atoms with Gasteiger partial charge in [-0.1, -0.05) is 36.0 Å². The summed E-state index contributed by atoms with van der Waals surface area (Å²) in [4.78, 5) is 4.89. The predicted molar refractivity (Wildman–Crippen MR) is 121 cm³/mol. The monoisotopic (exact) mass is 425 g/mol. The van der Waals surface area contributed by atoms with Crippen LogP contribution in [-0.2, 0) is 12.8 Å². The molecule has 0 amide bonds. The van der Waals surface area contributed by atoms with Crippen LogP contribution in [0.3, 0.4) is 0 Å². The fourth-order valence-corrected chi connectivity index (χ4v) is 5.51. The standard InChI is InChI=1S/C24H23NO2S.ClH/c1-25-11-10-16-12-18(28-17-6-4-3-5-7-17)14-19-22(16)20(25)13-15-8-9-21(27-2)24(26)23(15)19;/h3-9,12,14,20,26H,10-11,13H2,1-2H3;1H/t20-;/m1./s1. The van der Waals surface area contributed by atoms with Crippen LogP contribution in [0.1, 0.15) is 22.7 Å². The summed E-state index contributed by atoms with van der Waals surface area (Å²) >= 11 is 1.78. The molecular formula is C24H24ClNO2S. The lowest BCUT2D eigenvalue weighted by molar-refractivity contribution is 0.227. The maximum absolute atomic E-state index is 11.0. The third-order valence-corrected chi connectivity index (χ3v) is 6.93. The highest BCUT2D eigenvalue weighted by molar-refractivity contribution is 7.99. The number of phenols is 1. The van der Waals surface area contributed by atoms with Crippen molar-refractivity contribution >= 4 is 24.2 Å². The van der Waals surface area contributed by atoms with Crippen LogP contribution in [0.2, 0.25) is 0 Å². The minimum absolute atomic E-state index is 0. The van der Waals surface area contributed by atoms with Crippen molar-refractivity contribution in [3.05, 3.63) is 71.3 Å². The summed E-state index contributed by atoms with van der Waals surface area (Å²) in [6.07, 6.45) is 1.97. The molecule has 0 bridgehead atoms. The van der Waals surface area contributed by atoms with Crippen molar-refractivity contribution in [1.29, 1.82) is 0 Å². The molecule has 3 nitrogen and oxygen atoms in total. The van der Waals surface area contributed by atoms with Crippen LogP contribution in [0, 0.1) is 0 Å². The SMILES string of the molecule is COc1ccc2c(c1O)-c1cc(Sc3ccccc3)cc3c1[C@@H](C2)N(C)CC3.Cl. The highest BCUT2D eigenvalue weighted by Crippen LogP contribution is 2.51. The van der Waals surface area contributed by atoms with Crippen LogP contribution >= 0.6 is 24.2 Å². The third kappa shape index (κ3) is 3.39. The minimum atomic E-state index is 0. The molecule has 0 saturated heterocycles. The van der Waals surface area contributed by atoms with Crippen molar-refractivity contribution in [3.8, 4) is 22.6 Å². The summed E-state index contributed by atoms with van der Waals surface area (Å²) in [7, 11) is 3.82. The Balaban J connectivity index is 0.00000205. The first-order valence-corrected chi connectivity index (χ1v) is 10.5. The van der Waals surface area contributed by atoms with Crippen LogP contribution < -0.4 is 4.74 Å². The zero-order chi connectivity index (χ0) is 19.3. The van der Waals surface area contributed by atoms with Crippen LogP contribution in [-0.4, -0.2) is 30.7 Å². The van der Waals surface area contributed by atoms with Crippen molar-refractivity contribution in [1.82, 2.24) is 4.90 Å². The van der Waals surface area contributed by atoms with E-state index in [0.717, 1.165) is 30.5 Å². The Morgan fingerprint density at radius 2 is 1.83 bits per heavy atom. The lowest BCUT2D eigenvalue weighted by Gasteiger charge is -2.40. The van der Waals surface area contributed by atoms with Crippen molar-refractivity contribution in [2.75, 3.05) is 20.7 Å². The number of rotatable bonds is 3. The van der Waals surface area contributed by atoms with Gasteiger partial charge in [0.15, 0.2) is 11.5 Å². The smallest absolute Gasteiger partial charge is 0.165 e. The van der Waals surface area contributed by atoms with Crippen molar-refractivity contribution in [3.63, 3.8) is 0 Å². The normalized spacial score (nSPS) is 17.1. The predicted octanol–water partition coefficient (Wildman–Crippen LogP) is 5.73. The van der Waals surface area contributed by atoms with E-state index in [0.29, 0.717) is 11.8 Å². The number of aromatic hydroxyl groups is 1. The fraction of sp³-hybridized carbons (Fsp3) is 0.250. The van der Waals surface area contributed by atoms with E-state index in [1.165, 1.54) is 26.5 Å². The minimum Gasteiger partial charge on any atom is -0.504 e. The van der Waals surface area contributed by atoms with Gasteiger partial charge in [0.05, 0.1) is 7.11 Å². The number of likely N-dealkylation sites (N-methyl/N-ethyl adjacent to an activating group) is 1. The number of halogens is 1. The summed E-state index contributed by atoms with van der Waals surface area (Å²) < 4.78 is 5.40. The van der Waals surface area contributed by atoms with Crippen LogP contribution in [0.4, 0.5) is 0 Å². The molecule has 5 heteroatoms. The molecule has 0 spiro atoms. The van der Waals surface area contributed by atoms with Gasteiger partial charge < -0.3 is 9.84 Å². The second-order valence-electron chi connectivity index (χ2n) is 7.56. The molecule has 0 aromatic heterocycles. The molecule has 29 heavy (non-hydrogen) atoms. The van der Waals surface area contributed by atoms with Gasteiger partial charge in [-0.2, -0.15) is 0 Å². The van der Waals surface area contributed by atoms with Gasteiger partial charge in [-0.05, 0) is 72.5 Å². The second kappa shape index (κ2) is 7.94. The van der Waals surface area contributed by atoms with Gasteiger partial charge in [0.1, 0.15) is 0 Å². The Morgan fingerprint density at radius 1 is 1.03 bits per heavy atom. The van der Waals surface area contributed by atoms with Crippen LogP contribution in [0.15, 0.2) is 64.4 Å². The molecule has 0 saturated carbocycles. The number of hydrogen-bond acceptors (Lipinski definition) is 4. The zero-order valence-electron chi connectivity index (χ0n) is 16.5. The number of methoxy groups -OCH3 is 1. The molecule has 1 aliphatic carbocycles. The Morgan fingerprint density at radius 3 is 2.59 bits per heavy atom. The molecule has 1 N–H and O–H groups in total. The van der Waals surface area contributed by atoms with E-state index in [1.807, 2.05) is 12.1 Å². The Kier molecular flexibility index (Phi) is 5.52. The highest BCUT2D eigenvalue weighted by atomic mass is 35.5. The van der Waals surface area contributed by atoms with E-state index in [9.17, 15) is 5.11 Å². The fourth-order valence-electron chi connectivity index (χ4n) is 4.56. The average Bonchev–Trinajstić information content (AvgIpc) is 2.71. The number of nitrogens with zero attached hydrogens (tertiary/aromatic N) is 1. The maximum Gasteiger partial charge on any atom is 0.165 e. The van der Waals surface area contributed by atoms with E-state index >= 15 is 0 Å². The molecule has 3 aromatic rings. The molecule has 1 aliphatic heterocycles. The zero-order valence-corrected chi connectivity index (χ0v) is 18.1. The summed E-state index contributed by atoms with van der Waals surface area (Å²) in [5.41, 5.74) is 6.08. The first kappa shape index (κ1) is 20.1. The van der Waals surface area contributed by atoms with Gasteiger partial charge in [-0.25, -0.2) is 0 Å². The Hall–Kier alpha value is -2.14. The lowest BCUT2D eigenvalue weighted by atomic mass is 9.77. The van der Waals surface area contributed by atoms with Crippen molar-refractivity contribution in [2.24, 2.45) is 0 Å². The molecule has 0 unspecified atom stereocenters. The summed E-state index contributed by atoms with van der Waals surface area (Å²) in [6.45, 7) is 1.06. The molecule has 0 radical (unpaired) electrons. The number of ether oxygens (including phenoxy) is 1. The first-order valence-electron chi connectivity index (χ1n) is 9.65. The van der Waals surface area contributed by atoms with Gasteiger partial charge in [0.2, 0.25) is 0 Å². The molecule has 1 heterocycles. The van der Waals surface area contributed by atoms with E-state index in [4.69, 9.17) is 4.74 Å². The molecule has 0 fully saturated rings. The van der Waals surface area contributed by atoms with Gasteiger partial charge in [0, 0.05) is 27.9 Å². The summed E-state index contributed by atoms with van der Waals surface area (Å²) in [6, 6.07) is 19.4. The van der Waals surface area contributed by atoms with Gasteiger partial charge >= 0.3 is 0 Å². The largest absolute Gasteiger partial charge is 0.504 e. The van der Waals surface area contributed by atoms with Crippen molar-refractivity contribution < 1.29 is 9.84 Å². The van der Waals surface area contributed by atoms with E-state index in [2.05, 4.69) is 54.4 Å². The van der Waals surface area contributed by atoms with Gasteiger partial charge in [-0.3, -0.25) is 4.90 Å². The maximum atomic E-state index is 11.0. The number of phenolic OH excluding ortho intramolecular Hbond substituents is 1. The highest BCUT2D eigenvalue weighted by Gasteiger charge is 2.35. The van der Waals surface area contributed by atoms with Crippen LogP contribution in [0.25, 0.3) is 11.1 Å². The van der Waals surface area contributed by atoms with Gasteiger partial charge in [0.25, 0.3) is 0 Å². The van der Waals surface area contributed by atoms with E-state index in [-0.39, 0.29) is 18.2 Å². The number of fused-ring (bicyclic) bond motifs is 2. The topological polar surface area (TPSA) is 32.7 Å². The van der Waals surface area contributed by atoms with Crippen LogP contribution in [0.5, 0.6) is 11.5 Å². The first-order chi connectivity index (χ1) is 13.7. The average molecular weight is 426 g/mol. The number of hydrogen-bond donors (Lipinski definition) is 1. The molecule has 5 rings (SSSR count). The summed E-state index contributed by atoms with van der Waals surface area (Å²) in [5.74, 6) is 0.798. The summed E-state index contributed by atoms with van der Waals surface area (Å²) in [5, 5.41) is 11.0. The Bertz CT molecular complexity index is 1050. The second-order valence-corrected chi connectivity index (χ2v) is 8.71. The molecule has 2 aliphatic rings. The van der Waals surface area contributed by atoms with Gasteiger partial charge in [-0.15, -0.1) is 12.4 Å². The van der Waals surface area contributed by atoms with E-state index < -0.39 is 0 Å². The molecule has 3 aromatic carbocycles. The lowest BCUT2D eigenvalue weighted by Crippen LogP contribution is -2.35. The molecule has 1 atom stereocenters. The molecule has 150 valence electrons. The van der Waals surface area contributed by atoms with Crippen molar-refractivity contribution in [2.45, 2.75) is 28.7 Å².